The van der Waals surface area contributed by atoms with Crippen LogP contribution in [-0.2, 0) is 0 Å². The molecule has 1 aromatic carbocycles. The summed E-state index contributed by atoms with van der Waals surface area (Å²) in [5.74, 6) is 0. The summed E-state index contributed by atoms with van der Waals surface area (Å²) >= 11 is -1.41. The van der Waals surface area contributed by atoms with Gasteiger partial charge in [0.15, 0.2) is 0 Å². The molecule has 0 bridgehead atoms. The number of benzene rings is 1. The molecular formula is C8H11OSe+. The van der Waals surface area contributed by atoms with Crippen molar-refractivity contribution in [3.8, 4) is 0 Å². The second kappa shape index (κ2) is 3.77. The van der Waals surface area contributed by atoms with Gasteiger partial charge in [0, 0.05) is 0 Å². The monoisotopic (exact) mass is 203 g/mol. The molecule has 0 saturated heterocycles. The van der Waals surface area contributed by atoms with Crippen molar-refractivity contribution < 1.29 is 4.19 Å². The first-order valence-electron chi connectivity index (χ1n) is 3.29. The van der Waals surface area contributed by atoms with Gasteiger partial charge in [0.05, 0.1) is 0 Å². The molecule has 1 aromatic rings. The van der Waals surface area contributed by atoms with E-state index in [2.05, 4.69) is 0 Å². The van der Waals surface area contributed by atoms with Gasteiger partial charge in [-0.1, -0.05) is 0 Å². The van der Waals surface area contributed by atoms with Crippen LogP contribution in [0.3, 0.4) is 0 Å². The van der Waals surface area contributed by atoms with Crippen molar-refractivity contribution in [3.05, 3.63) is 30.3 Å². The molecule has 54 valence electrons. The first-order chi connectivity index (χ1) is 4.84. The van der Waals surface area contributed by atoms with Crippen molar-refractivity contribution in [1.29, 1.82) is 0 Å². The first kappa shape index (κ1) is 7.80. The maximum atomic E-state index is 9.45. The van der Waals surface area contributed by atoms with Crippen LogP contribution >= 0.6 is 0 Å². The molecule has 0 amide bonds. The third kappa shape index (κ3) is 1.84. The number of hydrogen-bond acceptors (Lipinski definition) is 1. The van der Waals surface area contributed by atoms with Crippen molar-refractivity contribution in [2.24, 2.45) is 0 Å². The predicted octanol–water partition coefficient (Wildman–Crippen LogP) is 0.897. The Labute approximate surface area is 65.9 Å². The number of hydrogen-bond donors (Lipinski definition) is 1. The van der Waals surface area contributed by atoms with E-state index >= 15 is 0 Å². The normalized spacial score (nSPS) is 13.0. The van der Waals surface area contributed by atoms with Gasteiger partial charge in [-0.2, -0.15) is 0 Å². The molecule has 2 heteroatoms. The van der Waals surface area contributed by atoms with Gasteiger partial charge in [-0.3, -0.25) is 0 Å². The Kier molecular flexibility index (Phi) is 2.94. The second-order valence-corrected chi connectivity index (χ2v) is 5.70. The number of rotatable bonds is 2. The Balaban J connectivity index is 2.75. The first-order valence-corrected chi connectivity index (χ1v) is 6.13. The van der Waals surface area contributed by atoms with Gasteiger partial charge in [-0.05, 0) is 0 Å². The zero-order valence-corrected chi connectivity index (χ0v) is 7.66. The van der Waals surface area contributed by atoms with Crippen LogP contribution in [-0.4, -0.2) is 18.4 Å². The van der Waals surface area contributed by atoms with Crippen LogP contribution in [0.2, 0.25) is 5.32 Å². The molecular weight excluding hydrogens is 191 g/mol. The summed E-state index contributed by atoms with van der Waals surface area (Å²) in [6.07, 6.45) is 0. The van der Waals surface area contributed by atoms with E-state index < -0.39 is 14.2 Å². The van der Waals surface area contributed by atoms with Gasteiger partial charge in [-0.25, -0.2) is 0 Å². The molecule has 1 unspecified atom stereocenters. The molecule has 0 aliphatic rings. The van der Waals surface area contributed by atoms with Crippen molar-refractivity contribution in [3.63, 3.8) is 0 Å². The summed E-state index contributed by atoms with van der Waals surface area (Å²) in [5, 5.41) is 0.907. The van der Waals surface area contributed by atoms with Gasteiger partial charge in [0.1, 0.15) is 0 Å². The standard InChI is InChI=1S/C8H11OSe/c1-2-10(9)8-6-4-3-5-7-8/h3-7,9H,2H2,1H3/q+1. The van der Waals surface area contributed by atoms with E-state index in [1.165, 1.54) is 0 Å². The summed E-state index contributed by atoms with van der Waals surface area (Å²) in [7, 11) is 0. The van der Waals surface area contributed by atoms with E-state index in [-0.39, 0.29) is 0 Å². The molecule has 0 fully saturated rings. The second-order valence-electron chi connectivity index (χ2n) is 1.97. The topological polar surface area (TPSA) is 20.2 Å². The fourth-order valence-electron chi connectivity index (χ4n) is 0.744. The molecule has 1 rings (SSSR count). The molecule has 0 aliphatic heterocycles. The average Bonchev–Trinajstić information content (AvgIpc) is 2.05. The summed E-state index contributed by atoms with van der Waals surface area (Å²) in [5.41, 5.74) is 0. The van der Waals surface area contributed by atoms with E-state index in [4.69, 9.17) is 0 Å². The van der Waals surface area contributed by atoms with Crippen LogP contribution in [0.15, 0.2) is 30.3 Å². The van der Waals surface area contributed by atoms with Crippen LogP contribution < -0.4 is 4.46 Å². The van der Waals surface area contributed by atoms with Crippen LogP contribution in [0.25, 0.3) is 0 Å². The van der Waals surface area contributed by atoms with E-state index in [0.717, 1.165) is 9.78 Å². The van der Waals surface area contributed by atoms with E-state index in [0.29, 0.717) is 0 Å². The van der Waals surface area contributed by atoms with Gasteiger partial charge in [-0.15, -0.1) is 0 Å². The van der Waals surface area contributed by atoms with Crippen LogP contribution in [0, 0.1) is 0 Å². The average molecular weight is 202 g/mol. The summed E-state index contributed by atoms with van der Waals surface area (Å²) in [4.78, 5) is 0. The minimum atomic E-state index is -1.41. The third-order valence-electron chi connectivity index (χ3n) is 1.29. The molecule has 0 spiro atoms. The molecule has 0 radical (unpaired) electrons. The Morgan fingerprint density at radius 3 is 2.40 bits per heavy atom. The summed E-state index contributed by atoms with van der Waals surface area (Å²) in [6, 6.07) is 9.90. The fraction of sp³-hybridized carbons (Fsp3) is 0.250. The van der Waals surface area contributed by atoms with Gasteiger partial charge < -0.3 is 0 Å². The quantitative estimate of drug-likeness (QED) is 0.706. The van der Waals surface area contributed by atoms with Gasteiger partial charge >= 0.3 is 65.5 Å². The van der Waals surface area contributed by atoms with E-state index in [1.807, 2.05) is 37.3 Å². The minimum absolute atomic E-state index is 0.907. The van der Waals surface area contributed by atoms with Crippen molar-refractivity contribution in [2.75, 3.05) is 0 Å². The fourth-order valence-corrected chi connectivity index (χ4v) is 2.43. The van der Waals surface area contributed by atoms with Gasteiger partial charge in [0.2, 0.25) is 0 Å². The molecule has 0 heterocycles. The Hall–Kier alpha value is -0.301. The Morgan fingerprint density at radius 1 is 1.30 bits per heavy atom. The van der Waals surface area contributed by atoms with Gasteiger partial charge in [0.25, 0.3) is 0 Å². The van der Waals surface area contributed by atoms with Crippen molar-refractivity contribution in [2.45, 2.75) is 12.2 Å². The zero-order valence-electron chi connectivity index (χ0n) is 5.95. The molecule has 10 heavy (non-hydrogen) atoms. The van der Waals surface area contributed by atoms with Crippen molar-refractivity contribution in [1.82, 2.24) is 0 Å². The van der Waals surface area contributed by atoms with Crippen LogP contribution in [0.5, 0.6) is 0 Å². The molecule has 0 aliphatic carbocycles. The molecule has 1 N–H and O–H groups in total. The summed E-state index contributed by atoms with van der Waals surface area (Å²) in [6.45, 7) is 2.03. The third-order valence-corrected chi connectivity index (χ3v) is 4.15. The molecule has 1 nitrogen and oxygen atoms in total. The Bertz CT molecular complexity index is 186. The van der Waals surface area contributed by atoms with Crippen LogP contribution in [0.1, 0.15) is 6.92 Å². The zero-order chi connectivity index (χ0) is 7.40. The SMILES string of the molecule is CC[Se+](O)c1ccccc1. The molecule has 1 atom stereocenters. The maximum absolute atomic E-state index is 9.45. The molecule has 0 saturated carbocycles. The van der Waals surface area contributed by atoms with Crippen LogP contribution in [0.4, 0.5) is 0 Å². The van der Waals surface area contributed by atoms with E-state index in [9.17, 15) is 4.19 Å². The Morgan fingerprint density at radius 2 is 1.90 bits per heavy atom. The summed E-state index contributed by atoms with van der Waals surface area (Å²) < 4.78 is 10.6. The molecule has 0 aromatic heterocycles. The van der Waals surface area contributed by atoms with Crippen molar-refractivity contribution >= 4 is 18.7 Å². The van der Waals surface area contributed by atoms with E-state index in [1.54, 1.807) is 0 Å². The predicted molar refractivity (Wildman–Crippen MR) is 44.5 cm³/mol.